The molecule has 5 nitrogen and oxygen atoms in total. The molecule has 23 heavy (non-hydrogen) atoms. The molecule has 0 spiro atoms. The first-order valence-corrected chi connectivity index (χ1v) is 8.10. The van der Waals surface area contributed by atoms with Gasteiger partial charge in [-0.2, -0.15) is 0 Å². The predicted molar refractivity (Wildman–Crippen MR) is 88.8 cm³/mol. The number of hydrogen-bond donors (Lipinski definition) is 2. The van der Waals surface area contributed by atoms with Gasteiger partial charge in [0.05, 0.1) is 11.1 Å². The van der Waals surface area contributed by atoms with E-state index in [0.29, 0.717) is 5.56 Å². The second-order valence-corrected chi connectivity index (χ2v) is 6.17. The molecule has 3 rings (SSSR count). The van der Waals surface area contributed by atoms with E-state index in [1.54, 1.807) is 6.07 Å². The van der Waals surface area contributed by atoms with Crippen molar-refractivity contribution in [2.45, 2.75) is 38.1 Å². The van der Waals surface area contributed by atoms with Crippen LogP contribution in [-0.4, -0.2) is 22.8 Å². The Hall–Kier alpha value is -2.43. The zero-order valence-electron chi connectivity index (χ0n) is 13.0. The van der Waals surface area contributed by atoms with Crippen LogP contribution in [0.5, 0.6) is 0 Å². The van der Waals surface area contributed by atoms with E-state index in [-0.39, 0.29) is 11.8 Å². The van der Waals surface area contributed by atoms with Crippen LogP contribution in [0.1, 0.15) is 42.5 Å². The molecular formula is C18H21N3O2. The topological polar surface area (TPSA) is 85.1 Å². The highest BCUT2D eigenvalue weighted by atomic mass is 16.2. The largest absolute Gasteiger partial charge is 0.368 e. The zero-order chi connectivity index (χ0) is 16.2. The molecule has 3 N–H and O–H groups in total. The molecule has 2 aromatic rings. The molecule has 120 valence electrons. The van der Waals surface area contributed by atoms with E-state index in [0.717, 1.165) is 36.6 Å². The molecule has 1 saturated carbocycles. The van der Waals surface area contributed by atoms with Gasteiger partial charge in [-0.3, -0.25) is 14.6 Å². The zero-order valence-corrected chi connectivity index (χ0v) is 13.0. The van der Waals surface area contributed by atoms with Crippen LogP contribution in [0.2, 0.25) is 0 Å². The van der Waals surface area contributed by atoms with Crippen LogP contribution in [0.25, 0.3) is 10.9 Å². The monoisotopic (exact) mass is 311 g/mol. The Labute approximate surface area is 135 Å². The maximum Gasteiger partial charge on any atom is 0.253 e. The van der Waals surface area contributed by atoms with Crippen LogP contribution in [0.4, 0.5) is 0 Å². The van der Waals surface area contributed by atoms with Crippen molar-refractivity contribution >= 4 is 22.7 Å². The van der Waals surface area contributed by atoms with Crippen molar-refractivity contribution < 1.29 is 9.59 Å². The number of benzene rings is 1. The fraction of sp³-hybridized carbons (Fsp3) is 0.389. The Morgan fingerprint density at radius 3 is 2.65 bits per heavy atom. The van der Waals surface area contributed by atoms with Crippen molar-refractivity contribution in [2.75, 3.05) is 0 Å². The van der Waals surface area contributed by atoms with E-state index in [1.807, 2.05) is 24.3 Å². The van der Waals surface area contributed by atoms with Crippen molar-refractivity contribution in [3.05, 3.63) is 42.1 Å². The number of aromatic nitrogens is 1. The number of fused-ring (bicyclic) bond motifs is 1. The summed E-state index contributed by atoms with van der Waals surface area (Å²) in [5.74, 6) is -0.616. The molecule has 0 bridgehead atoms. The van der Waals surface area contributed by atoms with Crippen molar-refractivity contribution in [1.82, 2.24) is 10.3 Å². The molecule has 1 fully saturated rings. The standard InChI is InChI=1S/C18H21N3O2/c19-17(22)16(12-6-2-1-3-7-12)21-18(23)14-10-13-8-4-5-9-15(13)20-11-14/h4-5,8-12,16H,1-3,6-7H2,(H2,19,22)(H,21,23)/t16-/m1/s1. The van der Waals surface area contributed by atoms with Crippen LogP contribution in [0, 0.1) is 5.92 Å². The second kappa shape index (κ2) is 6.77. The lowest BCUT2D eigenvalue weighted by molar-refractivity contribution is -0.121. The Morgan fingerprint density at radius 2 is 1.91 bits per heavy atom. The fourth-order valence-corrected chi connectivity index (χ4v) is 3.31. The molecule has 5 heteroatoms. The summed E-state index contributed by atoms with van der Waals surface area (Å²) in [6.45, 7) is 0. The van der Waals surface area contributed by atoms with Gasteiger partial charge >= 0.3 is 0 Å². The second-order valence-electron chi connectivity index (χ2n) is 6.17. The number of nitrogens with two attached hydrogens (primary N) is 1. The number of nitrogens with one attached hydrogen (secondary N) is 1. The number of hydrogen-bond acceptors (Lipinski definition) is 3. The third-order valence-electron chi connectivity index (χ3n) is 4.57. The maximum atomic E-state index is 12.5. The van der Waals surface area contributed by atoms with Crippen LogP contribution < -0.4 is 11.1 Å². The van der Waals surface area contributed by atoms with Gasteiger partial charge < -0.3 is 11.1 Å². The van der Waals surface area contributed by atoms with Crippen molar-refractivity contribution in [3.8, 4) is 0 Å². The van der Waals surface area contributed by atoms with Gasteiger partial charge in [-0.25, -0.2) is 0 Å². The summed E-state index contributed by atoms with van der Waals surface area (Å²) >= 11 is 0. The first-order chi connectivity index (χ1) is 11.1. The molecule has 0 radical (unpaired) electrons. The first kappa shape index (κ1) is 15.5. The van der Waals surface area contributed by atoms with Gasteiger partial charge in [-0.15, -0.1) is 0 Å². The number of primary amides is 1. The van der Waals surface area contributed by atoms with Gasteiger partial charge in [0.2, 0.25) is 5.91 Å². The summed E-state index contributed by atoms with van der Waals surface area (Å²) in [4.78, 5) is 28.5. The lowest BCUT2D eigenvalue weighted by Crippen LogP contribution is -2.49. The van der Waals surface area contributed by atoms with Crippen LogP contribution in [-0.2, 0) is 4.79 Å². The molecule has 2 amide bonds. The average molecular weight is 311 g/mol. The van der Waals surface area contributed by atoms with Crippen molar-refractivity contribution in [3.63, 3.8) is 0 Å². The summed E-state index contributed by atoms with van der Waals surface area (Å²) in [7, 11) is 0. The minimum Gasteiger partial charge on any atom is -0.368 e. The predicted octanol–water partition coefficient (Wildman–Crippen LogP) is 2.40. The molecule has 1 aromatic carbocycles. The SMILES string of the molecule is NC(=O)[C@H](NC(=O)c1cnc2ccccc2c1)C1CCCCC1. The highest BCUT2D eigenvalue weighted by molar-refractivity contribution is 5.99. The minimum absolute atomic E-state index is 0.138. The molecule has 0 unspecified atom stereocenters. The number of carbonyl (C=O) groups excluding carboxylic acids is 2. The van der Waals surface area contributed by atoms with Crippen molar-refractivity contribution in [1.29, 1.82) is 0 Å². The third kappa shape index (κ3) is 3.50. The summed E-state index contributed by atoms with van der Waals surface area (Å²) < 4.78 is 0. The lowest BCUT2D eigenvalue weighted by Gasteiger charge is -2.28. The first-order valence-electron chi connectivity index (χ1n) is 8.10. The van der Waals surface area contributed by atoms with E-state index < -0.39 is 11.9 Å². The number of pyridine rings is 1. The molecule has 1 aromatic heterocycles. The quantitative estimate of drug-likeness (QED) is 0.909. The summed E-state index contributed by atoms with van der Waals surface area (Å²) in [5, 5.41) is 3.71. The van der Waals surface area contributed by atoms with E-state index in [2.05, 4.69) is 10.3 Å². The normalized spacial score (nSPS) is 16.9. The van der Waals surface area contributed by atoms with Gasteiger partial charge in [0, 0.05) is 11.6 Å². The Kier molecular flexibility index (Phi) is 4.55. The lowest BCUT2D eigenvalue weighted by atomic mass is 9.83. The average Bonchev–Trinajstić information content (AvgIpc) is 2.59. The maximum absolute atomic E-state index is 12.5. The number of para-hydroxylation sites is 1. The van der Waals surface area contributed by atoms with Gasteiger partial charge in [0.1, 0.15) is 6.04 Å². The fourth-order valence-electron chi connectivity index (χ4n) is 3.31. The van der Waals surface area contributed by atoms with Gasteiger partial charge in [0.15, 0.2) is 0 Å². The van der Waals surface area contributed by atoms with Gasteiger partial charge in [-0.05, 0) is 30.9 Å². The smallest absolute Gasteiger partial charge is 0.253 e. The molecular weight excluding hydrogens is 290 g/mol. The molecule has 0 saturated heterocycles. The third-order valence-corrected chi connectivity index (χ3v) is 4.57. The van der Waals surface area contributed by atoms with Crippen LogP contribution >= 0.6 is 0 Å². The number of amides is 2. The molecule has 1 atom stereocenters. The molecule has 0 aliphatic heterocycles. The van der Waals surface area contributed by atoms with Crippen LogP contribution in [0.15, 0.2) is 36.5 Å². The Balaban J connectivity index is 1.78. The molecule has 1 aliphatic carbocycles. The van der Waals surface area contributed by atoms with E-state index in [1.165, 1.54) is 12.6 Å². The highest BCUT2D eigenvalue weighted by Gasteiger charge is 2.29. The minimum atomic E-state index is -0.603. The van der Waals surface area contributed by atoms with Gasteiger partial charge in [-0.1, -0.05) is 37.5 Å². The van der Waals surface area contributed by atoms with E-state index >= 15 is 0 Å². The summed E-state index contributed by atoms with van der Waals surface area (Å²) in [6.07, 6.45) is 6.76. The highest BCUT2D eigenvalue weighted by Crippen LogP contribution is 2.26. The Morgan fingerprint density at radius 1 is 1.17 bits per heavy atom. The van der Waals surface area contributed by atoms with Crippen molar-refractivity contribution in [2.24, 2.45) is 11.7 Å². The molecule has 1 aliphatic rings. The number of rotatable bonds is 4. The molecule has 1 heterocycles. The van der Waals surface area contributed by atoms with E-state index in [9.17, 15) is 9.59 Å². The van der Waals surface area contributed by atoms with Gasteiger partial charge in [0.25, 0.3) is 5.91 Å². The number of nitrogens with zero attached hydrogens (tertiary/aromatic N) is 1. The van der Waals surface area contributed by atoms with E-state index in [4.69, 9.17) is 5.73 Å². The summed E-state index contributed by atoms with van der Waals surface area (Å²) in [6, 6.07) is 8.80. The Bertz CT molecular complexity index is 723. The number of carbonyl (C=O) groups is 2. The summed E-state index contributed by atoms with van der Waals surface area (Å²) in [5.41, 5.74) is 6.80. The van der Waals surface area contributed by atoms with Crippen LogP contribution in [0.3, 0.4) is 0 Å².